The first-order chi connectivity index (χ1) is 6.89. The highest BCUT2D eigenvalue weighted by atomic mass is 35.5. The van der Waals surface area contributed by atoms with Crippen LogP contribution in [0.4, 0.5) is 5.82 Å². The Morgan fingerprint density at radius 2 is 2.07 bits per heavy atom. The van der Waals surface area contributed by atoms with Crippen LogP contribution in [0.1, 0.15) is 26.5 Å². The number of hydrogen-bond donors (Lipinski definition) is 1. The van der Waals surface area contributed by atoms with Gasteiger partial charge in [0.2, 0.25) is 0 Å². The van der Waals surface area contributed by atoms with E-state index in [0.29, 0.717) is 10.8 Å². The van der Waals surface area contributed by atoms with Gasteiger partial charge in [-0.2, -0.15) is 0 Å². The number of nitrogen functional groups attached to an aromatic ring is 1. The third kappa shape index (κ3) is 1.67. The molecule has 0 aliphatic rings. The third-order valence-electron chi connectivity index (χ3n) is 2.34. The van der Waals surface area contributed by atoms with Crippen LogP contribution in [0.3, 0.4) is 0 Å². The van der Waals surface area contributed by atoms with Crippen molar-refractivity contribution in [3.05, 3.63) is 29.0 Å². The normalized spacial score (nSPS) is 12.3. The van der Waals surface area contributed by atoms with Crippen LogP contribution in [0.2, 0.25) is 5.02 Å². The van der Waals surface area contributed by atoms with E-state index in [9.17, 15) is 0 Å². The predicted molar refractivity (Wildman–Crippen MR) is 63.3 cm³/mol. The molecule has 2 N–H and O–H groups in total. The SMILES string of the molecule is CC(C)(C)c1nc2cc(Cl)ccn2c1N. The fraction of sp³-hybridized carbons (Fsp3) is 0.364. The van der Waals surface area contributed by atoms with Gasteiger partial charge in [-0.1, -0.05) is 32.4 Å². The van der Waals surface area contributed by atoms with Gasteiger partial charge in [0.15, 0.2) is 0 Å². The van der Waals surface area contributed by atoms with Crippen LogP contribution in [0.5, 0.6) is 0 Å². The maximum atomic E-state index is 6.03. The zero-order chi connectivity index (χ0) is 11.2. The molecule has 0 saturated carbocycles. The van der Waals surface area contributed by atoms with Gasteiger partial charge in [0.05, 0.1) is 5.69 Å². The molecule has 80 valence electrons. The zero-order valence-corrected chi connectivity index (χ0v) is 9.84. The molecule has 0 unspecified atom stereocenters. The number of halogens is 1. The van der Waals surface area contributed by atoms with E-state index in [-0.39, 0.29) is 5.41 Å². The summed E-state index contributed by atoms with van der Waals surface area (Å²) < 4.78 is 1.85. The van der Waals surface area contributed by atoms with Crippen LogP contribution in [0.25, 0.3) is 5.65 Å². The standard InChI is InChI=1S/C11H14ClN3/c1-11(2,3)9-10(13)15-5-4-7(12)6-8(15)14-9/h4-6H,13H2,1-3H3. The highest BCUT2D eigenvalue weighted by Gasteiger charge is 2.22. The van der Waals surface area contributed by atoms with Crippen molar-refractivity contribution in [1.82, 2.24) is 9.38 Å². The summed E-state index contributed by atoms with van der Waals surface area (Å²) in [7, 11) is 0. The molecule has 2 heterocycles. The molecule has 2 aromatic rings. The van der Waals surface area contributed by atoms with E-state index in [4.69, 9.17) is 17.3 Å². The summed E-state index contributed by atoms with van der Waals surface area (Å²) in [5, 5.41) is 0.674. The predicted octanol–water partition coefficient (Wildman–Crippen LogP) is 2.87. The topological polar surface area (TPSA) is 43.3 Å². The van der Waals surface area contributed by atoms with Crippen molar-refractivity contribution in [3.8, 4) is 0 Å². The van der Waals surface area contributed by atoms with Gasteiger partial charge in [0, 0.05) is 22.7 Å². The summed E-state index contributed by atoms with van der Waals surface area (Å²) in [5.74, 6) is 0.689. The molecular weight excluding hydrogens is 210 g/mol. The van der Waals surface area contributed by atoms with Crippen LogP contribution in [-0.4, -0.2) is 9.38 Å². The molecule has 0 radical (unpaired) electrons. The Hall–Kier alpha value is -1.22. The van der Waals surface area contributed by atoms with Crippen molar-refractivity contribution in [2.45, 2.75) is 26.2 Å². The summed E-state index contributed by atoms with van der Waals surface area (Å²) in [6.45, 7) is 6.27. The lowest BCUT2D eigenvalue weighted by molar-refractivity contribution is 0.576. The molecule has 0 atom stereocenters. The van der Waals surface area contributed by atoms with Crippen molar-refractivity contribution in [3.63, 3.8) is 0 Å². The maximum absolute atomic E-state index is 6.03. The van der Waals surface area contributed by atoms with Crippen LogP contribution in [0.15, 0.2) is 18.3 Å². The molecule has 0 aliphatic carbocycles. The second-order valence-corrected chi connectivity index (χ2v) is 5.11. The number of nitrogens with zero attached hydrogens (tertiary/aromatic N) is 2. The molecule has 2 aromatic heterocycles. The van der Waals surface area contributed by atoms with Crippen molar-refractivity contribution < 1.29 is 0 Å². The lowest BCUT2D eigenvalue weighted by Gasteiger charge is -2.15. The number of anilines is 1. The van der Waals surface area contributed by atoms with Crippen LogP contribution in [0, 0.1) is 0 Å². The highest BCUT2D eigenvalue weighted by molar-refractivity contribution is 6.30. The quantitative estimate of drug-likeness (QED) is 0.747. The Kier molecular flexibility index (Phi) is 2.15. The van der Waals surface area contributed by atoms with Gasteiger partial charge in [-0.05, 0) is 6.07 Å². The molecule has 0 aromatic carbocycles. The molecule has 15 heavy (non-hydrogen) atoms. The van der Waals surface area contributed by atoms with E-state index >= 15 is 0 Å². The molecule has 0 spiro atoms. The summed E-state index contributed by atoms with van der Waals surface area (Å²) in [5.41, 5.74) is 7.68. The molecule has 3 nitrogen and oxygen atoms in total. The van der Waals surface area contributed by atoms with Crippen LogP contribution in [-0.2, 0) is 5.41 Å². The van der Waals surface area contributed by atoms with Gasteiger partial charge in [-0.3, -0.25) is 4.40 Å². The van der Waals surface area contributed by atoms with Crippen molar-refractivity contribution in [1.29, 1.82) is 0 Å². The van der Waals surface area contributed by atoms with Gasteiger partial charge in [-0.15, -0.1) is 0 Å². The Labute approximate surface area is 93.9 Å². The number of fused-ring (bicyclic) bond motifs is 1. The maximum Gasteiger partial charge on any atom is 0.140 e. The number of imidazole rings is 1. The first-order valence-corrected chi connectivity index (χ1v) is 5.21. The van der Waals surface area contributed by atoms with E-state index < -0.39 is 0 Å². The average molecular weight is 224 g/mol. The second kappa shape index (κ2) is 3.14. The minimum Gasteiger partial charge on any atom is -0.383 e. The smallest absolute Gasteiger partial charge is 0.140 e. The van der Waals surface area contributed by atoms with E-state index in [2.05, 4.69) is 25.8 Å². The largest absolute Gasteiger partial charge is 0.383 e. The van der Waals surface area contributed by atoms with Gasteiger partial charge >= 0.3 is 0 Å². The molecule has 2 rings (SSSR count). The van der Waals surface area contributed by atoms with Gasteiger partial charge < -0.3 is 5.73 Å². The van der Waals surface area contributed by atoms with Crippen molar-refractivity contribution in [2.24, 2.45) is 0 Å². The molecule has 0 saturated heterocycles. The van der Waals surface area contributed by atoms with Crippen molar-refractivity contribution in [2.75, 3.05) is 5.73 Å². The number of pyridine rings is 1. The Balaban J connectivity index is 2.75. The Morgan fingerprint density at radius 3 is 2.67 bits per heavy atom. The molecular formula is C11H14ClN3. The van der Waals surface area contributed by atoms with E-state index in [0.717, 1.165) is 11.3 Å². The summed E-state index contributed by atoms with van der Waals surface area (Å²) in [6, 6.07) is 3.62. The summed E-state index contributed by atoms with van der Waals surface area (Å²) >= 11 is 5.90. The van der Waals surface area contributed by atoms with Gasteiger partial charge in [0.1, 0.15) is 11.5 Å². The number of nitrogens with two attached hydrogens (primary N) is 1. The molecule has 0 bridgehead atoms. The van der Waals surface area contributed by atoms with E-state index in [1.54, 1.807) is 6.07 Å². The van der Waals surface area contributed by atoms with Crippen LogP contribution >= 0.6 is 11.6 Å². The fourth-order valence-electron chi connectivity index (χ4n) is 1.59. The first-order valence-electron chi connectivity index (χ1n) is 4.83. The van der Waals surface area contributed by atoms with Gasteiger partial charge in [0.25, 0.3) is 0 Å². The zero-order valence-electron chi connectivity index (χ0n) is 9.08. The Morgan fingerprint density at radius 1 is 1.40 bits per heavy atom. The second-order valence-electron chi connectivity index (χ2n) is 4.67. The highest BCUT2D eigenvalue weighted by Crippen LogP contribution is 2.28. The minimum atomic E-state index is -0.0530. The number of hydrogen-bond acceptors (Lipinski definition) is 2. The van der Waals surface area contributed by atoms with Gasteiger partial charge in [-0.25, -0.2) is 4.98 Å². The van der Waals surface area contributed by atoms with E-state index in [1.807, 2.05) is 16.7 Å². The average Bonchev–Trinajstić information content (AvgIpc) is 2.42. The van der Waals surface area contributed by atoms with E-state index in [1.165, 1.54) is 0 Å². The molecule has 0 fully saturated rings. The monoisotopic (exact) mass is 223 g/mol. The van der Waals surface area contributed by atoms with Crippen molar-refractivity contribution >= 4 is 23.1 Å². The summed E-state index contributed by atoms with van der Waals surface area (Å²) in [4.78, 5) is 4.50. The Bertz CT molecular complexity index is 508. The molecule has 4 heteroatoms. The fourth-order valence-corrected chi connectivity index (χ4v) is 1.74. The lowest BCUT2D eigenvalue weighted by Crippen LogP contribution is -2.14. The number of aromatic nitrogens is 2. The lowest BCUT2D eigenvalue weighted by atomic mass is 9.92. The number of rotatable bonds is 0. The van der Waals surface area contributed by atoms with Crippen LogP contribution < -0.4 is 5.73 Å². The summed E-state index contributed by atoms with van der Waals surface area (Å²) in [6.07, 6.45) is 1.84. The third-order valence-corrected chi connectivity index (χ3v) is 2.57. The molecule has 0 amide bonds. The first kappa shape index (κ1) is 10.3. The molecule has 0 aliphatic heterocycles. The minimum absolute atomic E-state index is 0.0530.